The highest BCUT2D eigenvalue weighted by molar-refractivity contribution is 6.06. The van der Waals surface area contributed by atoms with Crippen molar-refractivity contribution in [2.75, 3.05) is 26.2 Å². The van der Waals surface area contributed by atoms with E-state index < -0.39 is 18.1 Å². The van der Waals surface area contributed by atoms with Gasteiger partial charge in [0.1, 0.15) is 11.8 Å². The molecule has 0 bridgehead atoms. The van der Waals surface area contributed by atoms with Gasteiger partial charge in [-0.05, 0) is 67.4 Å². The zero-order valence-electron chi connectivity index (χ0n) is 21.0. The second-order valence-corrected chi connectivity index (χ2v) is 8.80. The third kappa shape index (κ3) is 4.77. The molecule has 1 aliphatic heterocycles. The zero-order chi connectivity index (χ0) is 25.8. The molecule has 0 saturated carbocycles. The summed E-state index contributed by atoms with van der Waals surface area (Å²) >= 11 is 0. The van der Waals surface area contributed by atoms with Gasteiger partial charge in [-0.15, -0.1) is 0 Å². The Labute approximate surface area is 210 Å². The van der Waals surface area contributed by atoms with Gasteiger partial charge in [-0.25, -0.2) is 4.79 Å². The molecule has 8 nitrogen and oxygen atoms in total. The van der Waals surface area contributed by atoms with E-state index in [1.807, 2.05) is 36.4 Å². The lowest BCUT2D eigenvalue weighted by atomic mass is 9.98. The van der Waals surface area contributed by atoms with Crippen molar-refractivity contribution in [3.63, 3.8) is 0 Å². The Morgan fingerprint density at radius 2 is 1.83 bits per heavy atom. The highest BCUT2D eigenvalue weighted by atomic mass is 16.5. The number of anilines is 1. The lowest BCUT2D eigenvalue weighted by Crippen LogP contribution is -2.52. The van der Waals surface area contributed by atoms with E-state index in [2.05, 4.69) is 10.6 Å². The molecule has 1 heterocycles. The number of carbonyl (C=O) groups is 3. The number of carbonyl (C=O) groups excluding carboxylic acids is 3. The van der Waals surface area contributed by atoms with Crippen LogP contribution in [0.5, 0.6) is 5.75 Å². The van der Waals surface area contributed by atoms with Gasteiger partial charge in [0, 0.05) is 11.3 Å². The molecule has 1 aliphatic rings. The maximum Gasteiger partial charge on any atom is 0.338 e. The maximum atomic E-state index is 13.9. The number of amides is 2. The summed E-state index contributed by atoms with van der Waals surface area (Å²) in [7, 11) is 4.63. The summed E-state index contributed by atoms with van der Waals surface area (Å²) in [5.41, 5.74) is 3.02. The molecule has 0 fully saturated rings. The lowest BCUT2D eigenvalue weighted by molar-refractivity contribution is -0.128. The van der Waals surface area contributed by atoms with E-state index in [-0.39, 0.29) is 18.4 Å². The smallest absolute Gasteiger partial charge is 0.338 e. The van der Waals surface area contributed by atoms with Crippen molar-refractivity contribution in [1.82, 2.24) is 10.6 Å². The van der Waals surface area contributed by atoms with E-state index in [4.69, 9.17) is 9.47 Å². The summed E-state index contributed by atoms with van der Waals surface area (Å²) in [6, 6.07) is 15.7. The van der Waals surface area contributed by atoms with E-state index in [1.54, 1.807) is 44.2 Å². The van der Waals surface area contributed by atoms with Crippen LogP contribution in [0.3, 0.4) is 0 Å². The number of likely N-dealkylation sites (N-methyl/N-ethyl adjacent to an activating group) is 1. The third-order valence-electron chi connectivity index (χ3n) is 6.76. The molecule has 0 radical (unpaired) electrons. The van der Waals surface area contributed by atoms with Crippen LogP contribution in [0.2, 0.25) is 0 Å². The normalized spacial score (nSPS) is 16.2. The molecule has 3 aromatic carbocycles. The number of methoxy groups -OCH3 is 2. The van der Waals surface area contributed by atoms with Crippen molar-refractivity contribution < 1.29 is 23.9 Å². The first-order valence-corrected chi connectivity index (χ1v) is 11.9. The van der Waals surface area contributed by atoms with E-state index in [0.29, 0.717) is 29.5 Å². The number of benzene rings is 3. The molecule has 1 unspecified atom stereocenters. The zero-order valence-corrected chi connectivity index (χ0v) is 21.0. The second-order valence-electron chi connectivity index (χ2n) is 8.80. The molecule has 2 amide bonds. The van der Waals surface area contributed by atoms with Crippen molar-refractivity contribution in [1.29, 1.82) is 0 Å². The highest BCUT2D eigenvalue weighted by Gasteiger charge is 2.33. The first-order chi connectivity index (χ1) is 17.4. The van der Waals surface area contributed by atoms with E-state index >= 15 is 0 Å². The summed E-state index contributed by atoms with van der Waals surface area (Å²) in [5.74, 6) is -0.259. The molecule has 8 heteroatoms. The van der Waals surface area contributed by atoms with Gasteiger partial charge in [-0.3, -0.25) is 9.59 Å². The molecular weight excluding hydrogens is 458 g/mol. The van der Waals surface area contributed by atoms with Gasteiger partial charge in [0.05, 0.1) is 32.4 Å². The van der Waals surface area contributed by atoms with Crippen LogP contribution >= 0.6 is 0 Å². The maximum absolute atomic E-state index is 13.9. The number of nitrogens with one attached hydrogen (secondary N) is 2. The van der Waals surface area contributed by atoms with Crippen LogP contribution in [0.15, 0.2) is 54.6 Å². The fourth-order valence-corrected chi connectivity index (χ4v) is 4.64. The summed E-state index contributed by atoms with van der Waals surface area (Å²) in [6.45, 7) is 1.96. The number of aryl methyl sites for hydroxylation is 1. The molecule has 0 aromatic heterocycles. The van der Waals surface area contributed by atoms with Gasteiger partial charge in [-0.1, -0.05) is 30.3 Å². The molecule has 0 saturated heterocycles. The van der Waals surface area contributed by atoms with E-state index in [1.165, 1.54) is 7.11 Å². The molecule has 4 rings (SSSR count). The number of hydrogen-bond donors (Lipinski definition) is 2. The molecule has 3 aromatic rings. The summed E-state index contributed by atoms with van der Waals surface area (Å²) < 4.78 is 10.7. The third-order valence-corrected chi connectivity index (χ3v) is 6.76. The van der Waals surface area contributed by atoms with Gasteiger partial charge in [0.2, 0.25) is 11.8 Å². The van der Waals surface area contributed by atoms with Gasteiger partial charge in [0.15, 0.2) is 0 Å². The predicted octanol–water partition coefficient (Wildman–Crippen LogP) is 3.21. The van der Waals surface area contributed by atoms with Crippen LogP contribution in [0.1, 0.15) is 34.8 Å². The van der Waals surface area contributed by atoms with Crippen molar-refractivity contribution in [2.45, 2.75) is 38.4 Å². The minimum absolute atomic E-state index is 0.195. The summed E-state index contributed by atoms with van der Waals surface area (Å²) in [5, 5.41) is 7.34. The molecule has 2 N–H and O–H groups in total. The number of hydrogen-bond acceptors (Lipinski definition) is 6. The average Bonchev–Trinajstić information content (AvgIpc) is 3.04. The Bertz CT molecular complexity index is 1310. The minimum Gasteiger partial charge on any atom is -0.496 e. The number of fused-ring (bicyclic) bond motifs is 2. The Balaban J connectivity index is 1.81. The monoisotopic (exact) mass is 489 g/mol. The number of rotatable bonds is 7. The van der Waals surface area contributed by atoms with E-state index in [9.17, 15) is 14.4 Å². The quantitative estimate of drug-likeness (QED) is 0.495. The molecule has 0 spiro atoms. The van der Waals surface area contributed by atoms with Gasteiger partial charge in [-0.2, -0.15) is 0 Å². The van der Waals surface area contributed by atoms with Crippen molar-refractivity contribution in [3.05, 3.63) is 71.3 Å². The van der Waals surface area contributed by atoms with Crippen LogP contribution < -0.4 is 20.3 Å². The molecule has 36 heavy (non-hydrogen) atoms. The standard InChI is InChI=1S/C28H31N3O5/c1-17(29-2)26(32)30-23-14-12-18-8-5-6-11-24(18)31(27(23)33)16-22-19-9-7-10-21(28(34)36-4)20(19)13-15-25(22)35-3/h5-11,13,15,17,23,29H,12,14,16H2,1-4H3,(H,30,32)/t17-,23?/m0/s1. The van der Waals surface area contributed by atoms with Gasteiger partial charge >= 0.3 is 5.97 Å². The van der Waals surface area contributed by atoms with Crippen LogP contribution in [-0.4, -0.2) is 51.1 Å². The molecule has 0 aliphatic carbocycles. The summed E-state index contributed by atoms with van der Waals surface area (Å²) in [6.07, 6.45) is 1.14. The molecule has 2 atom stereocenters. The lowest BCUT2D eigenvalue weighted by Gasteiger charge is -2.28. The molecular formula is C28H31N3O5. The van der Waals surface area contributed by atoms with Crippen LogP contribution in [-0.2, 0) is 27.3 Å². The molecule has 188 valence electrons. The van der Waals surface area contributed by atoms with Crippen LogP contribution in [0.4, 0.5) is 5.69 Å². The number of nitrogens with zero attached hydrogens (tertiary/aromatic N) is 1. The largest absolute Gasteiger partial charge is 0.496 e. The average molecular weight is 490 g/mol. The van der Waals surface area contributed by atoms with Gasteiger partial charge < -0.3 is 25.0 Å². The summed E-state index contributed by atoms with van der Waals surface area (Å²) in [4.78, 5) is 40.6. The van der Waals surface area contributed by atoms with Crippen molar-refractivity contribution in [3.8, 4) is 5.75 Å². The number of ether oxygens (including phenoxy) is 2. The highest BCUT2D eigenvalue weighted by Crippen LogP contribution is 2.35. The van der Waals surface area contributed by atoms with Crippen LogP contribution in [0, 0.1) is 0 Å². The van der Waals surface area contributed by atoms with Gasteiger partial charge in [0.25, 0.3) is 0 Å². The van der Waals surface area contributed by atoms with Crippen molar-refractivity contribution in [2.24, 2.45) is 0 Å². The first kappa shape index (κ1) is 25.2. The Hall–Kier alpha value is -3.91. The second kappa shape index (κ2) is 10.8. The fourth-order valence-electron chi connectivity index (χ4n) is 4.64. The Morgan fingerprint density at radius 1 is 1.06 bits per heavy atom. The number of para-hydroxylation sites is 1. The van der Waals surface area contributed by atoms with E-state index in [0.717, 1.165) is 22.2 Å². The number of esters is 1. The first-order valence-electron chi connectivity index (χ1n) is 11.9. The Kier molecular flexibility index (Phi) is 7.55. The van der Waals surface area contributed by atoms with Crippen molar-refractivity contribution >= 4 is 34.2 Å². The predicted molar refractivity (Wildman–Crippen MR) is 138 cm³/mol. The Morgan fingerprint density at radius 3 is 2.56 bits per heavy atom. The van der Waals surface area contributed by atoms with Crippen LogP contribution in [0.25, 0.3) is 10.8 Å². The topological polar surface area (TPSA) is 97.0 Å². The minimum atomic E-state index is -0.674. The fraction of sp³-hybridized carbons (Fsp3) is 0.321. The SMILES string of the molecule is CN[C@@H](C)C(=O)NC1CCc2ccccc2N(Cc2c(OC)ccc3c(C(=O)OC)cccc23)C1=O.